The number of aliphatic hydroxyl groups is 1. The molecule has 1 aliphatic rings. The van der Waals surface area contributed by atoms with Crippen LogP contribution < -0.4 is 9.64 Å². The van der Waals surface area contributed by atoms with Crippen molar-refractivity contribution in [3.05, 3.63) is 28.3 Å². The highest BCUT2D eigenvalue weighted by Crippen LogP contribution is 2.39. The third kappa shape index (κ3) is 2.63. The van der Waals surface area contributed by atoms with E-state index in [0.29, 0.717) is 5.69 Å². The van der Waals surface area contributed by atoms with Gasteiger partial charge < -0.3 is 14.7 Å². The number of ether oxygens (including phenoxy) is 1. The lowest BCUT2D eigenvalue weighted by molar-refractivity contribution is -0.385. The zero-order valence-electron chi connectivity index (χ0n) is 10.9. The van der Waals surface area contributed by atoms with Crippen LogP contribution in [-0.4, -0.2) is 36.3 Å². The molecule has 104 valence electrons. The maximum absolute atomic E-state index is 11.3. The average Bonchev–Trinajstić information content (AvgIpc) is 2.46. The maximum atomic E-state index is 11.3. The Bertz CT molecular complexity index is 464. The summed E-state index contributed by atoms with van der Waals surface area (Å²) in [7, 11) is 1.42. The Labute approximate surface area is 111 Å². The molecule has 0 spiro atoms. The van der Waals surface area contributed by atoms with Crippen LogP contribution in [-0.2, 0) is 0 Å². The number of nitro benzene ring substituents is 1. The van der Waals surface area contributed by atoms with E-state index in [-0.39, 0.29) is 24.1 Å². The third-order valence-corrected chi connectivity index (χ3v) is 3.53. The number of benzene rings is 1. The zero-order chi connectivity index (χ0) is 13.8. The summed E-state index contributed by atoms with van der Waals surface area (Å²) < 4.78 is 5.08. The average molecular weight is 266 g/mol. The molecule has 0 aromatic heterocycles. The van der Waals surface area contributed by atoms with Crippen molar-refractivity contribution in [3.63, 3.8) is 0 Å². The highest BCUT2D eigenvalue weighted by atomic mass is 16.6. The van der Waals surface area contributed by atoms with Crippen LogP contribution in [0, 0.1) is 10.1 Å². The highest BCUT2D eigenvalue weighted by molar-refractivity contribution is 5.70. The number of para-hydroxylation sites is 1. The summed E-state index contributed by atoms with van der Waals surface area (Å²) in [6, 6.07) is 4.98. The fourth-order valence-electron chi connectivity index (χ4n) is 2.60. The molecule has 2 rings (SSSR count). The molecule has 19 heavy (non-hydrogen) atoms. The molecule has 1 aromatic carbocycles. The van der Waals surface area contributed by atoms with Crippen LogP contribution in [0.3, 0.4) is 0 Å². The van der Waals surface area contributed by atoms with Crippen molar-refractivity contribution >= 4 is 11.4 Å². The maximum Gasteiger partial charge on any atom is 0.333 e. The van der Waals surface area contributed by atoms with Crippen LogP contribution in [0.4, 0.5) is 11.4 Å². The quantitative estimate of drug-likeness (QED) is 0.666. The van der Waals surface area contributed by atoms with E-state index < -0.39 is 4.92 Å². The number of nitro groups is 1. The number of nitrogens with zero attached hydrogens (tertiary/aromatic N) is 2. The summed E-state index contributed by atoms with van der Waals surface area (Å²) in [6.45, 7) is 0.730. The zero-order valence-corrected chi connectivity index (χ0v) is 10.9. The predicted molar refractivity (Wildman–Crippen MR) is 71.7 cm³/mol. The van der Waals surface area contributed by atoms with Crippen molar-refractivity contribution in [1.82, 2.24) is 0 Å². The molecular weight excluding hydrogens is 248 g/mol. The van der Waals surface area contributed by atoms with E-state index in [0.717, 1.165) is 25.8 Å². The van der Waals surface area contributed by atoms with Crippen molar-refractivity contribution in [2.24, 2.45) is 0 Å². The van der Waals surface area contributed by atoms with Gasteiger partial charge in [-0.2, -0.15) is 0 Å². The number of anilines is 1. The van der Waals surface area contributed by atoms with Crippen molar-refractivity contribution in [2.75, 3.05) is 25.2 Å². The van der Waals surface area contributed by atoms with Gasteiger partial charge in [0.15, 0.2) is 5.75 Å². The first-order valence-corrected chi connectivity index (χ1v) is 6.38. The SMILES string of the molecule is COc1cccc(N2CCCCC2CO)c1[N+](=O)[O-]. The van der Waals surface area contributed by atoms with E-state index in [2.05, 4.69) is 0 Å². The molecule has 6 heteroatoms. The molecule has 1 aliphatic heterocycles. The van der Waals surface area contributed by atoms with Gasteiger partial charge in [-0.15, -0.1) is 0 Å². The van der Waals surface area contributed by atoms with Gasteiger partial charge in [0.05, 0.1) is 24.7 Å². The summed E-state index contributed by atoms with van der Waals surface area (Å²) in [5.41, 5.74) is 0.508. The first-order valence-electron chi connectivity index (χ1n) is 6.38. The van der Waals surface area contributed by atoms with E-state index in [1.54, 1.807) is 18.2 Å². The minimum absolute atomic E-state index is 0.00830. The fourth-order valence-corrected chi connectivity index (χ4v) is 2.60. The minimum atomic E-state index is -0.419. The van der Waals surface area contributed by atoms with Crippen LogP contribution in [0.25, 0.3) is 0 Å². The van der Waals surface area contributed by atoms with E-state index >= 15 is 0 Å². The summed E-state index contributed by atoms with van der Waals surface area (Å²) >= 11 is 0. The first kappa shape index (κ1) is 13.6. The molecule has 1 saturated heterocycles. The van der Waals surface area contributed by atoms with E-state index in [4.69, 9.17) is 4.74 Å². The van der Waals surface area contributed by atoms with Crippen LogP contribution in [0.5, 0.6) is 5.75 Å². The largest absolute Gasteiger partial charge is 0.490 e. The summed E-state index contributed by atoms with van der Waals surface area (Å²) in [6.07, 6.45) is 2.87. The number of methoxy groups -OCH3 is 1. The molecular formula is C13H18N2O4. The van der Waals surface area contributed by atoms with Gasteiger partial charge in [0, 0.05) is 6.54 Å². The Hall–Kier alpha value is -1.82. The molecule has 0 radical (unpaired) electrons. The highest BCUT2D eigenvalue weighted by Gasteiger charge is 2.30. The van der Waals surface area contributed by atoms with Crippen molar-refractivity contribution in [3.8, 4) is 5.75 Å². The molecule has 0 bridgehead atoms. The standard InChI is InChI=1S/C13H18N2O4/c1-19-12-7-4-6-11(13(12)15(17)18)14-8-3-2-5-10(14)9-16/h4,6-7,10,16H,2-3,5,8-9H2,1H3. The molecule has 1 aromatic rings. The lowest BCUT2D eigenvalue weighted by Gasteiger charge is -2.36. The van der Waals surface area contributed by atoms with Gasteiger partial charge in [-0.25, -0.2) is 0 Å². The lowest BCUT2D eigenvalue weighted by Crippen LogP contribution is -2.42. The lowest BCUT2D eigenvalue weighted by atomic mass is 10.0. The Balaban J connectivity index is 2.45. The van der Waals surface area contributed by atoms with E-state index in [1.807, 2.05) is 4.90 Å². The van der Waals surface area contributed by atoms with Crippen molar-refractivity contribution in [1.29, 1.82) is 0 Å². The van der Waals surface area contributed by atoms with Crippen LogP contribution in [0.2, 0.25) is 0 Å². The molecule has 1 N–H and O–H groups in total. The van der Waals surface area contributed by atoms with Crippen LogP contribution in [0.15, 0.2) is 18.2 Å². The molecule has 0 saturated carbocycles. The van der Waals surface area contributed by atoms with Crippen molar-refractivity contribution < 1.29 is 14.8 Å². The fraction of sp³-hybridized carbons (Fsp3) is 0.538. The molecule has 1 heterocycles. The topological polar surface area (TPSA) is 75.8 Å². The number of hydrogen-bond acceptors (Lipinski definition) is 5. The molecule has 0 amide bonds. The third-order valence-electron chi connectivity index (χ3n) is 3.53. The van der Waals surface area contributed by atoms with Gasteiger partial charge in [0.2, 0.25) is 0 Å². The number of piperidine rings is 1. The van der Waals surface area contributed by atoms with E-state index in [9.17, 15) is 15.2 Å². The van der Waals surface area contributed by atoms with Gasteiger partial charge in [-0.05, 0) is 31.4 Å². The van der Waals surface area contributed by atoms with Gasteiger partial charge in [-0.3, -0.25) is 10.1 Å². The first-order chi connectivity index (χ1) is 9.19. The normalized spacial score (nSPS) is 19.3. The number of rotatable bonds is 4. The summed E-state index contributed by atoms with van der Waals surface area (Å²) in [5.74, 6) is 0.254. The second-order valence-electron chi connectivity index (χ2n) is 4.61. The second-order valence-corrected chi connectivity index (χ2v) is 4.61. The predicted octanol–water partition coefficient (Wildman–Crippen LogP) is 1.95. The minimum Gasteiger partial charge on any atom is -0.490 e. The second kappa shape index (κ2) is 5.88. The smallest absolute Gasteiger partial charge is 0.333 e. The van der Waals surface area contributed by atoms with Gasteiger partial charge in [-0.1, -0.05) is 6.07 Å². The van der Waals surface area contributed by atoms with Gasteiger partial charge in [0.25, 0.3) is 0 Å². The Kier molecular flexibility index (Phi) is 4.21. The monoisotopic (exact) mass is 266 g/mol. The molecule has 1 fully saturated rings. The number of aliphatic hydroxyl groups excluding tert-OH is 1. The van der Waals surface area contributed by atoms with Gasteiger partial charge >= 0.3 is 5.69 Å². The summed E-state index contributed by atoms with van der Waals surface area (Å²) in [4.78, 5) is 12.8. The van der Waals surface area contributed by atoms with E-state index in [1.165, 1.54) is 7.11 Å². The molecule has 1 unspecified atom stereocenters. The Morgan fingerprint density at radius 3 is 2.95 bits per heavy atom. The van der Waals surface area contributed by atoms with Crippen LogP contribution in [0.1, 0.15) is 19.3 Å². The number of hydrogen-bond donors (Lipinski definition) is 1. The Morgan fingerprint density at radius 2 is 2.32 bits per heavy atom. The van der Waals surface area contributed by atoms with Crippen LogP contribution >= 0.6 is 0 Å². The molecule has 1 atom stereocenters. The summed E-state index contributed by atoms with van der Waals surface area (Å²) in [5, 5.41) is 20.7. The molecule has 6 nitrogen and oxygen atoms in total. The Morgan fingerprint density at radius 1 is 1.53 bits per heavy atom. The molecule has 0 aliphatic carbocycles. The van der Waals surface area contributed by atoms with Crippen molar-refractivity contribution in [2.45, 2.75) is 25.3 Å². The van der Waals surface area contributed by atoms with Gasteiger partial charge in [0.1, 0.15) is 5.69 Å².